The largest absolute Gasteiger partial charge is 0.383 e. The molecular weight excluding hydrogens is 451 g/mol. The zero-order chi connectivity index (χ0) is 17.2. The van der Waals surface area contributed by atoms with Crippen LogP contribution in [0.1, 0.15) is 44.0 Å². The van der Waals surface area contributed by atoms with Crippen LogP contribution in [0.2, 0.25) is 0 Å². The van der Waals surface area contributed by atoms with Crippen molar-refractivity contribution in [2.24, 2.45) is 4.99 Å². The van der Waals surface area contributed by atoms with E-state index in [0.717, 1.165) is 42.9 Å². The number of nitrogens with zero attached hydrogens (tertiary/aromatic N) is 4. The van der Waals surface area contributed by atoms with Crippen molar-refractivity contribution in [3.8, 4) is 0 Å². The van der Waals surface area contributed by atoms with Gasteiger partial charge in [0.2, 0.25) is 0 Å². The van der Waals surface area contributed by atoms with Gasteiger partial charge >= 0.3 is 0 Å². The first-order valence-corrected chi connectivity index (χ1v) is 9.93. The van der Waals surface area contributed by atoms with Gasteiger partial charge in [-0.15, -0.1) is 34.2 Å². The third kappa shape index (κ3) is 6.93. The van der Waals surface area contributed by atoms with Crippen LogP contribution in [0.3, 0.4) is 0 Å². The lowest BCUT2D eigenvalue weighted by atomic mass is 10.2. The number of hydrogen-bond donors (Lipinski definition) is 2. The molecule has 0 bridgehead atoms. The Bertz CT molecular complexity index is 519. The predicted molar refractivity (Wildman–Crippen MR) is 114 cm³/mol. The minimum atomic E-state index is 0. The molecule has 1 heterocycles. The summed E-state index contributed by atoms with van der Waals surface area (Å²) in [5, 5.41) is 16.4. The van der Waals surface area contributed by atoms with Gasteiger partial charge in [0.05, 0.1) is 6.61 Å². The number of aromatic nitrogens is 3. The molecular formula is C16H31IN6OS. The summed E-state index contributed by atoms with van der Waals surface area (Å²) >= 11 is 1.69. The molecule has 25 heavy (non-hydrogen) atoms. The van der Waals surface area contributed by atoms with Gasteiger partial charge in [0.15, 0.2) is 11.1 Å². The number of nitrogens with one attached hydrogen (secondary N) is 2. The molecule has 144 valence electrons. The number of hydrogen-bond acceptors (Lipinski definition) is 5. The van der Waals surface area contributed by atoms with E-state index in [2.05, 4.69) is 36.6 Å². The van der Waals surface area contributed by atoms with Gasteiger partial charge in [0.25, 0.3) is 0 Å². The Labute approximate surface area is 172 Å². The van der Waals surface area contributed by atoms with Crippen LogP contribution in [0.25, 0.3) is 0 Å². The summed E-state index contributed by atoms with van der Waals surface area (Å²) in [6.07, 6.45) is 9.18. The number of halogens is 1. The Morgan fingerprint density at radius 1 is 1.28 bits per heavy atom. The second kappa shape index (κ2) is 12.7. The molecule has 0 aliphatic heterocycles. The Kier molecular flexibility index (Phi) is 11.5. The number of thioether (sulfide) groups is 1. The van der Waals surface area contributed by atoms with Gasteiger partial charge in [-0.2, -0.15) is 0 Å². The quantitative estimate of drug-likeness (QED) is 0.185. The molecule has 2 rings (SSSR count). The maximum atomic E-state index is 5.03. The van der Waals surface area contributed by atoms with E-state index in [-0.39, 0.29) is 24.0 Å². The van der Waals surface area contributed by atoms with Crippen molar-refractivity contribution in [2.75, 3.05) is 40.1 Å². The summed E-state index contributed by atoms with van der Waals surface area (Å²) in [6, 6.07) is 0.592. The Morgan fingerprint density at radius 2 is 2.00 bits per heavy atom. The van der Waals surface area contributed by atoms with Gasteiger partial charge in [0.1, 0.15) is 5.82 Å². The number of rotatable bonds is 9. The maximum absolute atomic E-state index is 5.03. The fourth-order valence-corrected chi connectivity index (χ4v) is 3.67. The van der Waals surface area contributed by atoms with Crippen molar-refractivity contribution < 1.29 is 4.74 Å². The fraction of sp³-hybridized carbons (Fsp3) is 0.812. The van der Waals surface area contributed by atoms with E-state index in [0.29, 0.717) is 12.6 Å². The number of ether oxygens (including phenoxy) is 1. The van der Waals surface area contributed by atoms with Gasteiger partial charge in [-0.3, -0.25) is 4.99 Å². The molecule has 0 aromatic carbocycles. The van der Waals surface area contributed by atoms with E-state index in [1.165, 1.54) is 25.7 Å². The van der Waals surface area contributed by atoms with Crippen LogP contribution in [0, 0.1) is 0 Å². The first-order chi connectivity index (χ1) is 11.8. The fourth-order valence-electron chi connectivity index (χ4n) is 3.09. The highest BCUT2D eigenvalue weighted by atomic mass is 127. The Hall–Kier alpha value is -0.550. The average Bonchev–Trinajstić information content (AvgIpc) is 3.25. The highest BCUT2D eigenvalue weighted by Crippen LogP contribution is 2.33. The molecule has 7 nitrogen and oxygen atoms in total. The molecule has 0 atom stereocenters. The van der Waals surface area contributed by atoms with Crippen LogP contribution in [-0.2, 0) is 11.2 Å². The van der Waals surface area contributed by atoms with Gasteiger partial charge in [-0.1, -0.05) is 24.6 Å². The summed E-state index contributed by atoms with van der Waals surface area (Å²) in [7, 11) is 3.48. The van der Waals surface area contributed by atoms with Crippen molar-refractivity contribution in [1.82, 2.24) is 25.4 Å². The summed E-state index contributed by atoms with van der Waals surface area (Å²) in [5.74, 6) is 1.93. The van der Waals surface area contributed by atoms with Crippen molar-refractivity contribution in [3.05, 3.63) is 5.82 Å². The monoisotopic (exact) mass is 482 g/mol. The molecule has 1 aromatic rings. The maximum Gasteiger partial charge on any atom is 0.191 e. The standard InChI is InChI=1S/C16H30N6OS.HI/c1-17-15(19-11-12-23-2)18-10-6-9-14-20-21-16(24-3)22(14)13-7-4-5-8-13;/h13H,4-12H2,1-3H3,(H2,17,18,19);1H. The number of aliphatic imine (C=N–C) groups is 1. The van der Waals surface area contributed by atoms with E-state index in [1.807, 2.05) is 0 Å². The third-order valence-corrected chi connectivity index (χ3v) is 4.94. The summed E-state index contributed by atoms with van der Waals surface area (Å²) in [4.78, 5) is 4.20. The SMILES string of the molecule is CN=C(NCCCc1nnc(SC)n1C1CCCC1)NCCOC.I. The van der Waals surface area contributed by atoms with Crippen LogP contribution in [-0.4, -0.2) is 60.8 Å². The number of aryl methyl sites for hydroxylation is 1. The van der Waals surface area contributed by atoms with Gasteiger partial charge in [-0.25, -0.2) is 0 Å². The molecule has 0 spiro atoms. The van der Waals surface area contributed by atoms with E-state index < -0.39 is 0 Å². The second-order valence-electron chi connectivity index (χ2n) is 5.93. The van der Waals surface area contributed by atoms with Crippen molar-refractivity contribution >= 4 is 41.7 Å². The lowest BCUT2D eigenvalue weighted by Gasteiger charge is -2.16. The minimum Gasteiger partial charge on any atom is -0.383 e. The lowest BCUT2D eigenvalue weighted by molar-refractivity contribution is 0.203. The highest BCUT2D eigenvalue weighted by Gasteiger charge is 2.23. The summed E-state index contributed by atoms with van der Waals surface area (Å²) in [5.41, 5.74) is 0. The molecule has 0 amide bonds. The first kappa shape index (κ1) is 22.5. The van der Waals surface area contributed by atoms with Gasteiger partial charge in [-0.05, 0) is 25.5 Å². The lowest BCUT2D eigenvalue weighted by Crippen LogP contribution is -2.39. The first-order valence-electron chi connectivity index (χ1n) is 8.71. The van der Waals surface area contributed by atoms with E-state index in [1.54, 1.807) is 25.9 Å². The molecule has 0 saturated heterocycles. The molecule has 1 saturated carbocycles. The van der Waals surface area contributed by atoms with Crippen LogP contribution in [0.5, 0.6) is 0 Å². The molecule has 1 aromatic heterocycles. The van der Waals surface area contributed by atoms with Gasteiger partial charge in [0, 0.05) is 39.7 Å². The highest BCUT2D eigenvalue weighted by molar-refractivity contribution is 14.0. The van der Waals surface area contributed by atoms with E-state index in [9.17, 15) is 0 Å². The third-order valence-electron chi connectivity index (χ3n) is 4.30. The van der Waals surface area contributed by atoms with E-state index in [4.69, 9.17) is 4.74 Å². The average molecular weight is 482 g/mol. The Balaban J connectivity index is 0.00000312. The van der Waals surface area contributed by atoms with Crippen molar-refractivity contribution in [2.45, 2.75) is 49.7 Å². The zero-order valence-electron chi connectivity index (χ0n) is 15.5. The molecule has 2 N–H and O–H groups in total. The Morgan fingerprint density at radius 3 is 2.64 bits per heavy atom. The number of guanidine groups is 1. The molecule has 0 unspecified atom stereocenters. The topological polar surface area (TPSA) is 76.4 Å². The number of methoxy groups -OCH3 is 1. The summed E-state index contributed by atoms with van der Waals surface area (Å²) < 4.78 is 7.41. The van der Waals surface area contributed by atoms with Crippen LogP contribution >= 0.6 is 35.7 Å². The summed E-state index contributed by atoms with van der Waals surface area (Å²) in [6.45, 7) is 2.28. The molecule has 1 fully saturated rings. The van der Waals surface area contributed by atoms with Crippen LogP contribution in [0.4, 0.5) is 0 Å². The molecule has 0 radical (unpaired) electrons. The molecule has 1 aliphatic carbocycles. The second-order valence-corrected chi connectivity index (χ2v) is 6.71. The zero-order valence-corrected chi connectivity index (χ0v) is 18.6. The van der Waals surface area contributed by atoms with Crippen molar-refractivity contribution in [1.29, 1.82) is 0 Å². The van der Waals surface area contributed by atoms with E-state index >= 15 is 0 Å². The van der Waals surface area contributed by atoms with Crippen molar-refractivity contribution in [3.63, 3.8) is 0 Å². The van der Waals surface area contributed by atoms with Crippen LogP contribution in [0.15, 0.2) is 10.1 Å². The smallest absolute Gasteiger partial charge is 0.191 e. The van der Waals surface area contributed by atoms with Crippen LogP contribution < -0.4 is 10.6 Å². The molecule has 9 heteroatoms. The predicted octanol–water partition coefficient (Wildman–Crippen LogP) is 2.48. The molecule has 1 aliphatic rings. The van der Waals surface area contributed by atoms with Gasteiger partial charge < -0.3 is 19.9 Å². The normalized spacial score (nSPS) is 15.2. The minimum absolute atomic E-state index is 0.